The van der Waals surface area contributed by atoms with E-state index in [0.29, 0.717) is 26.1 Å². The van der Waals surface area contributed by atoms with Gasteiger partial charge in [-0.2, -0.15) is 0 Å². The summed E-state index contributed by atoms with van der Waals surface area (Å²) in [6, 6.07) is 8.07. The van der Waals surface area contributed by atoms with Crippen molar-refractivity contribution in [3.8, 4) is 5.75 Å². The van der Waals surface area contributed by atoms with Gasteiger partial charge in [0.2, 0.25) is 5.91 Å². The predicted molar refractivity (Wildman–Crippen MR) is 96.1 cm³/mol. The van der Waals surface area contributed by atoms with E-state index in [1.165, 1.54) is 0 Å². The van der Waals surface area contributed by atoms with Crippen LogP contribution in [-0.2, 0) is 11.2 Å². The van der Waals surface area contributed by atoms with Crippen LogP contribution < -0.4 is 9.64 Å². The van der Waals surface area contributed by atoms with E-state index in [9.17, 15) is 4.79 Å². The largest absolute Gasteiger partial charge is 0.492 e. The topological polar surface area (TPSA) is 58.8 Å². The highest BCUT2D eigenvalue weighted by molar-refractivity contribution is 5.79. The second-order valence-electron chi connectivity index (χ2n) is 6.25. The van der Waals surface area contributed by atoms with Gasteiger partial charge in [0.1, 0.15) is 11.5 Å². The molecule has 0 bridgehead atoms. The standard InChI is InChI=1S/C19H25N3O3/c1-4-24-18-8-6-5-7-17(18)21-9-11-22(12-10-21)19(23)13-16-14(2)20-25-15(16)3/h5-8H,4,9-13H2,1-3H3. The molecule has 0 atom stereocenters. The fourth-order valence-corrected chi connectivity index (χ4v) is 3.21. The molecule has 1 saturated heterocycles. The second-order valence-corrected chi connectivity index (χ2v) is 6.25. The molecule has 1 aliphatic rings. The maximum Gasteiger partial charge on any atom is 0.227 e. The Balaban J connectivity index is 1.61. The second kappa shape index (κ2) is 7.59. The molecule has 0 saturated carbocycles. The third-order valence-corrected chi connectivity index (χ3v) is 4.65. The molecule has 25 heavy (non-hydrogen) atoms. The Morgan fingerprint density at radius 3 is 2.56 bits per heavy atom. The van der Waals surface area contributed by atoms with Crippen molar-refractivity contribution in [1.29, 1.82) is 0 Å². The number of piperazine rings is 1. The molecular weight excluding hydrogens is 318 g/mol. The molecule has 0 aliphatic carbocycles. The number of anilines is 1. The molecule has 6 nitrogen and oxygen atoms in total. The van der Waals surface area contributed by atoms with Gasteiger partial charge >= 0.3 is 0 Å². The summed E-state index contributed by atoms with van der Waals surface area (Å²) in [5.41, 5.74) is 2.81. The lowest BCUT2D eigenvalue weighted by molar-refractivity contribution is -0.130. The predicted octanol–water partition coefficient (Wildman–Crippen LogP) is 2.58. The zero-order valence-corrected chi connectivity index (χ0v) is 15.1. The normalized spacial score (nSPS) is 14.7. The molecule has 1 aromatic carbocycles. The Kier molecular flexibility index (Phi) is 5.26. The first-order valence-electron chi connectivity index (χ1n) is 8.76. The zero-order chi connectivity index (χ0) is 17.8. The van der Waals surface area contributed by atoms with Gasteiger partial charge in [0.15, 0.2) is 0 Å². The number of para-hydroxylation sites is 2. The van der Waals surface area contributed by atoms with Gasteiger partial charge in [-0.25, -0.2) is 0 Å². The lowest BCUT2D eigenvalue weighted by Crippen LogP contribution is -2.49. The highest BCUT2D eigenvalue weighted by Crippen LogP contribution is 2.29. The quantitative estimate of drug-likeness (QED) is 0.835. The fourth-order valence-electron chi connectivity index (χ4n) is 3.21. The van der Waals surface area contributed by atoms with Crippen LogP contribution >= 0.6 is 0 Å². The average molecular weight is 343 g/mol. The van der Waals surface area contributed by atoms with Crippen molar-refractivity contribution in [2.75, 3.05) is 37.7 Å². The number of carbonyl (C=O) groups is 1. The molecule has 1 aromatic heterocycles. The molecule has 134 valence electrons. The monoisotopic (exact) mass is 343 g/mol. The van der Waals surface area contributed by atoms with Crippen LogP contribution in [0.25, 0.3) is 0 Å². The highest BCUT2D eigenvalue weighted by atomic mass is 16.5. The van der Waals surface area contributed by atoms with Crippen molar-refractivity contribution in [2.24, 2.45) is 0 Å². The molecule has 1 fully saturated rings. The number of ether oxygens (including phenoxy) is 1. The van der Waals surface area contributed by atoms with E-state index in [2.05, 4.69) is 16.1 Å². The van der Waals surface area contributed by atoms with Gasteiger partial charge in [0, 0.05) is 31.7 Å². The molecule has 0 radical (unpaired) electrons. The van der Waals surface area contributed by atoms with Gasteiger partial charge in [-0.15, -0.1) is 0 Å². The fraction of sp³-hybridized carbons (Fsp3) is 0.474. The summed E-state index contributed by atoms with van der Waals surface area (Å²) in [6.07, 6.45) is 0.358. The molecule has 0 N–H and O–H groups in total. The molecule has 0 spiro atoms. The molecule has 2 aromatic rings. The molecule has 0 unspecified atom stereocenters. The van der Waals surface area contributed by atoms with Crippen LogP contribution in [-0.4, -0.2) is 48.7 Å². The first-order chi connectivity index (χ1) is 12.1. The van der Waals surface area contributed by atoms with Gasteiger partial charge in [0.25, 0.3) is 0 Å². The average Bonchev–Trinajstić information content (AvgIpc) is 2.94. The maximum atomic E-state index is 12.6. The van der Waals surface area contributed by atoms with E-state index < -0.39 is 0 Å². The van der Waals surface area contributed by atoms with E-state index in [1.807, 2.05) is 43.9 Å². The minimum atomic E-state index is 0.132. The number of aryl methyl sites for hydroxylation is 2. The van der Waals surface area contributed by atoms with Crippen molar-refractivity contribution >= 4 is 11.6 Å². The van der Waals surface area contributed by atoms with Crippen molar-refractivity contribution in [2.45, 2.75) is 27.2 Å². The van der Waals surface area contributed by atoms with Gasteiger partial charge in [-0.3, -0.25) is 4.79 Å². The molecule has 1 aliphatic heterocycles. The summed E-state index contributed by atoms with van der Waals surface area (Å²) >= 11 is 0. The van der Waals surface area contributed by atoms with Gasteiger partial charge < -0.3 is 19.1 Å². The number of hydrogen-bond donors (Lipinski definition) is 0. The number of hydrogen-bond acceptors (Lipinski definition) is 5. The third-order valence-electron chi connectivity index (χ3n) is 4.65. The number of amides is 1. The van der Waals surface area contributed by atoms with Crippen molar-refractivity contribution in [3.05, 3.63) is 41.3 Å². The van der Waals surface area contributed by atoms with Crippen LogP contribution in [0, 0.1) is 13.8 Å². The Morgan fingerprint density at radius 1 is 1.20 bits per heavy atom. The van der Waals surface area contributed by atoms with E-state index >= 15 is 0 Å². The van der Waals surface area contributed by atoms with Crippen molar-refractivity contribution < 1.29 is 14.1 Å². The lowest BCUT2D eigenvalue weighted by Gasteiger charge is -2.36. The first-order valence-corrected chi connectivity index (χ1v) is 8.76. The minimum absolute atomic E-state index is 0.132. The summed E-state index contributed by atoms with van der Waals surface area (Å²) in [6.45, 7) is 9.39. The van der Waals surface area contributed by atoms with E-state index in [1.54, 1.807) is 0 Å². The van der Waals surface area contributed by atoms with E-state index in [0.717, 1.165) is 41.5 Å². The lowest BCUT2D eigenvalue weighted by atomic mass is 10.1. The number of nitrogens with zero attached hydrogens (tertiary/aromatic N) is 3. The number of carbonyl (C=O) groups excluding carboxylic acids is 1. The van der Waals surface area contributed by atoms with Crippen LogP contribution in [0.2, 0.25) is 0 Å². The molecule has 2 heterocycles. The summed E-state index contributed by atoms with van der Waals surface area (Å²) in [7, 11) is 0. The Morgan fingerprint density at radius 2 is 1.92 bits per heavy atom. The minimum Gasteiger partial charge on any atom is -0.492 e. The Labute approximate surface area is 148 Å². The van der Waals surface area contributed by atoms with Crippen LogP contribution in [0.3, 0.4) is 0 Å². The van der Waals surface area contributed by atoms with Gasteiger partial charge in [-0.05, 0) is 32.9 Å². The summed E-state index contributed by atoms with van der Waals surface area (Å²) in [5, 5.41) is 3.93. The number of aromatic nitrogens is 1. The highest BCUT2D eigenvalue weighted by Gasteiger charge is 2.24. The number of rotatable bonds is 5. The molecular formula is C19H25N3O3. The molecule has 3 rings (SSSR count). The van der Waals surface area contributed by atoms with Crippen LogP contribution in [0.1, 0.15) is 23.9 Å². The molecule has 1 amide bonds. The zero-order valence-electron chi connectivity index (χ0n) is 15.1. The summed E-state index contributed by atoms with van der Waals surface area (Å²) in [4.78, 5) is 16.8. The van der Waals surface area contributed by atoms with Gasteiger partial charge in [-0.1, -0.05) is 17.3 Å². The number of benzene rings is 1. The van der Waals surface area contributed by atoms with Crippen LogP contribution in [0.15, 0.2) is 28.8 Å². The molecule has 6 heteroatoms. The van der Waals surface area contributed by atoms with Crippen LogP contribution in [0.5, 0.6) is 5.75 Å². The smallest absolute Gasteiger partial charge is 0.227 e. The van der Waals surface area contributed by atoms with E-state index in [4.69, 9.17) is 9.26 Å². The maximum absolute atomic E-state index is 12.6. The van der Waals surface area contributed by atoms with Crippen LogP contribution in [0.4, 0.5) is 5.69 Å². The summed E-state index contributed by atoms with van der Waals surface area (Å²) < 4.78 is 10.9. The Bertz CT molecular complexity index is 714. The van der Waals surface area contributed by atoms with Gasteiger partial charge in [0.05, 0.1) is 24.4 Å². The third kappa shape index (κ3) is 3.78. The van der Waals surface area contributed by atoms with Crippen molar-refractivity contribution in [1.82, 2.24) is 10.1 Å². The Hall–Kier alpha value is -2.50. The first kappa shape index (κ1) is 17.3. The van der Waals surface area contributed by atoms with E-state index in [-0.39, 0.29) is 5.91 Å². The SMILES string of the molecule is CCOc1ccccc1N1CCN(C(=O)Cc2c(C)noc2C)CC1. The van der Waals surface area contributed by atoms with Crippen molar-refractivity contribution in [3.63, 3.8) is 0 Å². The summed E-state index contributed by atoms with van der Waals surface area (Å²) in [5.74, 6) is 1.77.